The second-order valence-electron chi connectivity index (χ2n) is 7.86. The average Bonchev–Trinajstić information content (AvgIpc) is 2.28. The Hall–Kier alpha value is -0.220. The minimum Gasteiger partial charge on any atom is -0.355 e. The molecule has 0 saturated heterocycles. The fourth-order valence-corrected chi connectivity index (χ4v) is 3.23. The Morgan fingerprint density at radius 2 is 1.60 bits per heavy atom. The summed E-state index contributed by atoms with van der Waals surface area (Å²) in [6.45, 7) is 14.6. The van der Waals surface area contributed by atoms with Crippen molar-refractivity contribution in [2.75, 3.05) is 12.3 Å². The first-order valence-corrected chi connectivity index (χ1v) is 8.27. The van der Waals surface area contributed by atoms with Gasteiger partial charge in [0.25, 0.3) is 0 Å². The van der Waals surface area contributed by atoms with Crippen molar-refractivity contribution in [3.05, 3.63) is 0 Å². The number of unbranched alkanes of at least 4 members (excludes halogenated alkanes) is 1. The molecule has 0 aliphatic carbocycles. The van der Waals surface area contributed by atoms with Crippen molar-refractivity contribution in [2.45, 2.75) is 66.8 Å². The fraction of sp³-hybridized carbons (Fsp3) is 0.938. The number of hydrogen-bond acceptors (Lipinski definition) is 3. The Kier molecular flexibility index (Phi) is 8.19. The third-order valence-corrected chi connectivity index (χ3v) is 4.24. The van der Waals surface area contributed by atoms with E-state index in [4.69, 9.17) is 5.73 Å². The highest BCUT2D eigenvalue weighted by molar-refractivity contribution is 7.80. The molecule has 1 atom stereocenters. The number of carbonyl (C=O) groups is 1. The van der Waals surface area contributed by atoms with Gasteiger partial charge < -0.3 is 11.1 Å². The van der Waals surface area contributed by atoms with Crippen LogP contribution in [-0.2, 0) is 4.79 Å². The Morgan fingerprint density at radius 3 is 2.00 bits per heavy atom. The van der Waals surface area contributed by atoms with E-state index in [9.17, 15) is 4.79 Å². The minimum atomic E-state index is -0.491. The molecule has 1 unspecified atom stereocenters. The predicted molar refractivity (Wildman–Crippen MR) is 91.1 cm³/mol. The largest absolute Gasteiger partial charge is 0.355 e. The van der Waals surface area contributed by atoms with Crippen LogP contribution in [0.25, 0.3) is 0 Å². The van der Waals surface area contributed by atoms with Crippen molar-refractivity contribution >= 4 is 18.5 Å². The lowest BCUT2D eigenvalue weighted by molar-refractivity contribution is -0.121. The molecule has 4 heteroatoms. The monoisotopic (exact) mass is 302 g/mol. The zero-order valence-electron chi connectivity index (χ0n) is 14.1. The van der Waals surface area contributed by atoms with Gasteiger partial charge in [0.05, 0.1) is 6.04 Å². The molecular formula is C16H34N2OS. The van der Waals surface area contributed by atoms with Gasteiger partial charge in [-0.2, -0.15) is 12.6 Å². The first-order valence-electron chi connectivity index (χ1n) is 7.64. The molecule has 0 fully saturated rings. The molecule has 0 saturated carbocycles. The van der Waals surface area contributed by atoms with Gasteiger partial charge in [-0.05, 0) is 29.6 Å². The van der Waals surface area contributed by atoms with Gasteiger partial charge in [-0.25, -0.2) is 0 Å². The standard InChI is InChI=1S/C16H34N2OS/c1-15(2,3)13(16(4,5)6)9-7-8-10-18-14(19)12(17)11-20/h12-13,20H,7-11,17H2,1-6H3,(H,18,19). The van der Waals surface area contributed by atoms with E-state index in [1.165, 1.54) is 6.42 Å². The van der Waals surface area contributed by atoms with Crippen LogP contribution in [0.3, 0.4) is 0 Å². The van der Waals surface area contributed by atoms with Crippen molar-refractivity contribution < 1.29 is 4.79 Å². The number of hydrogen-bond donors (Lipinski definition) is 3. The average molecular weight is 303 g/mol. The number of carbonyl (C=O) groups excluding carboxylic acids is 1. The molecule has 3 N–H and O–H groups in total. The van der Waals surface area contributed by atoms with Crippen LogP contribution in [0.4, 0.5) is 0 Å². The normalized spacial score (nSPS) is 14.4. The van der Waals surface area contributed by atoms with Crippen molar-refractivity contribution in [3.63, 3.8) is 0 Å². The maximum atomic E-state index is 11.5. The van der Waals surface area contributed by atoms with E-state index in [0.717, 1.165) is 12.8 Å². The van der Waals surface area contributed by atoms with Gasteiger partial charge in [-0.3, -0.25) is 4.79 Å². The molecule has 0 heterocycles. The van der Waals surface area contributed by atoms with Gasteiger partial charge in [-0.15, -0.1) is 0 Å². The predicted octanol–water partition coefficient (Wildman–Crippen LogP) is 3.24. The fourth-order valence-electron chi connectivity index (χ4n) is 3.06. The van der Waals surface area contributed by atoms with Gasteiger partial charge >= 0.3 is 0 Å². The maximum absolute atomic E-state index is 11.5. The van der Waals surface area contributed by atoms with Crippen molar-refractivity contribution in [1.82, 2.24) is 5.32 Å². The van der Waals surface area contributed by atoms with Gasteiger partial charge in [0.15, 0.2) is 0 Å². The number of rotatable bonds is 7. The van der Waals surface area contributed by atoms with E-state index >= 15 is 0 Å². The quantitative estimate of drug-likeness (QED) is 0.499. The zero-order valence-corrected chi connectivity index (χ0v) is 15.0. The summed E-state index contributed by atoms with van der Waals surface area (Å²) in [5, 5.41) is 2.87. The summed E-state index contributed by atoms with van der Waals surface area (Å²) in [6.07, 6.45) is 3.34. The Balaban J connectivity index is 4.07. The van der Waals surface area contributed by atoms with Crippen LogP contribution in [-0.4, -0.2) is 24.2 Å². The van der Waals surface area contributed by atoms with Crippen LogP contribution in [0.2, 0.25) is 0 Å². The molecular weight excluding hydrogens is 268 g/mol. The summed E-state index contributed by atoms with van der Waals surface area (Å²) in [5.41, 5.74) is 6.24. The molecule has 0 spiro atoms. The molecule has 0 aromatic carbocycles. The number of nitrogens with two attached hydrogens (primary N) is 1. The van der Waals surface area contributed by atoms with Crippen LogP contribution in [0.15, 0.2) is 0 Å². The summed E-state index contributed by atoms with van der Waals surface area (Å²) in [5.74, 6) is 0.968. The molecule has 120 valence electrons. The minimum absolute atomic E-state index is 0.0943. The second-order valence-corrected chi connectivity index (χ2v) is 8.23. The molecule has 0 bridgehead atoms. The Bertz CT molecular complexity index is 278. The summed E-state index contributed by atoms with van der Waals surface area (Å²) >= 11 is 4.02. The zero-order chi connectivity index (χ0) is 16.0. The smallest absolute Gasteiger partial charge is 0.237 e. The van der Waals surface area contributed by atoms with E-state index in [2.05, 4.69) is 59.5 Å². The Morgan fingerprint density at radius 1 is 1.10 bits per heavy atom. The number of nitrogens with one attached hydrogen (secondary N) is 1. The highest BCUT2D eigenvalue weighted by Crippen LogP contribution is 2.42. The first kappa shape index (κ1) is 19.8. The molecule has 0 aliphatic heterocycles. The first-order chi connectivity index (χ1) is 9.00. The molecule has 0 aliphatic rings. The SMILES string of the molecule is CC(C)(C)C(CCCCNC(=O)C(N)CS)C(C)(C)C. The van der Waals surface area contributed by atoms with Crippen LogP contribution >= 0.6 is 12.6 Å². The van der Waals surface area contributed by atoms with Crippen molar-refractivity contribution in [1.29, 1.82) is 0 Å². The summed E-state index contributed by atoms with van der Waals surface area (Å²) in [6, 6.07) is -0.491. The summed E-state index contributed by atoms with van der Waals surface area (Å²) in [7, 11) is 0. The van der Waals surface area contributed by atoms with Gasteiger partial charge in [-0.1, -0.05) is 48.0 Å². The molecule has 0 radical (unpaired) electrons. The van der Waals surface area contributed by atoms with E-state index < -0.39 is 6.04 Å². The van der Waals surface area contributed by atoms with E-state index in [1.54, 1.807) is 0 Å². The Labute approximate surface area is 130 Å². The highest BCUT2D eigenvalue weighted by atomic mass is 32.1. The lowest BCUT2D eigenvalue weighted by Crippen LogP contribution is -2.42. The molecule has 1 amide bonds. The lowest BCUT2D eigenvalue weighted by Gasteiger charge is -2.41. The molecule has 20 heavy (non-hydrogen) atoms. The van der Waals surface area contributed by atoms with Crippen LogP contribution < -0.4 is 11.1 Å². The van der Waals surface area contributed by atoms with Gasteiger partial charge in [0.2, 0.25) is 5.91 Å². The topological polar surface area (TPSA) is 55.1 Å². The number of thiol groups is 1. The molecule has 0 aromatic rings. The lowest BCUT2D eigenvalue weighted by atomic mass is 9.65. The van der Waals surface area contributed by atoms with Crippen molar-refractivity contribution in [3.8, 4) is 0 Å². The van der Waals surface area contributed by atoms with Crippen LogP contribution in [0.1, 0.15) is 60.8 Å². The third kappa shape index (κ3) is 7.53. The van der Waals surface area contributed by atoms with Crippen molar-refractivity contribution in [2.24, 2.45) is 22.5 Å². The summed E-state index contributed by atoms with van der Waals surface area (Å²) in [4.78, 5) is 11.5. The summed E-state index contributed by atoms with van der Waals surface area (Å²) < 4.78 is 0. The van der Waals surface area contributed by atoms with Gasteiger partial charge in [0, 0.05) is 12.3 Å². The third-order valence-electron chi connectivity index (χ3n) is 3.84. The molecule has 0 rings (SSSR count). The van der Waals surface area contributed by atoms with Crippen LogP contribution in [0, 0.1) is 16.7 Å². The molecule has 3 nitrogen and oxygen atoms in total. The van der Waals surface area contributed by atoms with Crippen LogP contribution in [0.5, 0.6) is 0 Å². The van der Waals surface area contributed by atoms with E-state index in [1.807, 2.05) is 0 Å². The van der Waals surface area contributed by atoms with Gasteiger partial charge in [0.1, 0.15) is 0 Å². The van der Waals surface area contributed by atoms with E-state index in [0.29, 0.717) is 29.0 Å². The second kappa shape index (κ2) is 8.28. The highest BCUT2D eigenvalue weighted by Gasteiger charge is 2.33. The number of amides is 1. The maximum Gasteiger partial charge on any atom is 0.237 e. The molecule has 0 aromatic heterocycles. The van der Waals surface area contributed by atoms with E-state index in [-0.39, 0.29) is 5.91 Å².